The van der Waals surface area contributed by atoms with Gasteiger partial charge in [0, 0.05) is 19.1 Å². The summed E-state index contributed by atoms with van der Waals surface area (Å²) in [5, 5.41) is 14.1. The van der Waals surface area contributed by atoms with Crippen LogP contribution in [0.2, 0.25) is 0 Å². The third-order valence-corrected chi connectivity index (χ3v) is 4.08. The fourth-order valence-corrected chi connectivity index (χ4v) is 3.07. The molecule has 21 heavy (non-hydrogen) atoms. The van der Waals surface area contributed by atoms with E-state index in [0.717, 1.165) is 19.4 Å². The normalized spacial score (nSPS) is 22.5. The van der Waals surface area contributed by atoms with Gasteiger partial charge in [-0.05, 0) is 19.3 Å². The first kappa shape index (κ1) is 18.1. The molecule has 0 spiro atoms. The third kappa shape index (κ3) is 6.14. The molecule has 1 rings (SSSR count). The van der Waals surface area contributed by atoms with Crippen LogP contribution in [0.3, 0.4) is 0 Å². The maximum atomic E-state index is 12.0. The molecule has 124 valence electrons. The van der Waals surface area contributed by atoms with Crippen LogP contribution in [0.25, 0.3) is 0 Å². The Morgan fingerprint density at radius 1 is 1.48 bits per heavy atom. The smallest absolute Gasteiger partial charge is 0.317 e. The van der Waals surface area contributed by atoms with Crippen molar-refractivity contribution in [1.82, 2.24) is 14.9 Å². The summed E-state index contributed by atoms with van der Waals surface area (Å²) in [5.41, 5.74) is 0. The molecule has 1 fully saturated rings. The van der Waals surface area contributed by atoms with Gasteiger partial charge in [-0.1, -0.05) is 0 Å². The van der Waals surface area contributed by atoms with Crippen LogP contribution in [0.15, 0.2) is 0 Å². The van der Waals surface area contributed by atoms with Crippen molar-refractivity contribution in [2.24, 2.45) is 0 Å². The van der Waals surface area contributed by atoms with E-state index in [9.17, 15) is 22.9 Å². The molecule has 1 aliphatic rings. The zero-order valence-electron chi connectivity index (χ0n) is 12.1. The number of nitrogens with zero attached hydrogens (tertiary/aromatic N) is 1. The number of amides is 2. The minimum absolute atomic E-state index is 0.299. The van der Waals surface area contributed by atoms with E-state index in [4.69, 9.17) is 0 Å². The van der Waals surface area contributed by atoms with Crippen molar-refractivity contribution in [2.75, 3.05) is 33.3 Å². The Kier molecular flexibility index (Phi) is 7.32. The lowest BCUT2D eigenvalue weighted by Crippen LogP contribution is -2.79. The number of likely N-dealkylation sites (tertiary alicyclic amines) is 1. The van der Waals surface area contributed by atoms with Crippen molar-refractivity contribution >= 4 is 16.3 Å². The molecule has 1 aliphatic heterocycles. The van der Waals surface area contributed by atoms with Gasteiger partial charge in [0.2, 0.25) is 0 Å². The summed E-state index contributed by atoms with van der Waals surface area (Å²) in [4.78, 5) is 13.4. The average molecular weight is 324 g/mol. The van der Waals surface area contributed by atoms with Crippen LogP contribution >= 0.6 is 0 Å². The molecule has 0 saturated carbocycles. The lowest BCUT2D eigenvalue weighted by Gasteiger charge is -2.27. The Hall–Kier alpha value is -0.940. The molecule has 0 aromatic heterocycles. The molecular formula is C11H24N4O5S. The predicted molar refractivity (Wildman–Crippen MR) is 74.2 cm³/mol. The topological polar surface area (TPSA) is 138 Å². The summed E-state index contributed by atoms with van der Waals surface area (Å²) in [6.07, 6.45) is 2.15. The van der Waals surface area contributed by atoms with Crippen LogP contribution in [-0.2, 0) is 10.3 Å². The van der Waals surface area contributed by atoms with Crippen LogP contribution in [0, 0.1) is 0 Å². The number of carbonyl (C=O) groups excluding carboxylic acids is 1. The SMILES string of the molecule is C[NH2+]CCCCNC(=O)N1CC[C@@H](NS(=O)(=O)[O-])[C@H]1CO. The second kappa shape index (κ2) is 8.49. The Morgan fingerprint density at radius 2 is 2.19 bits per heavy atom. The standard InChI is InChI=1S/C11H24N4O5S/c1-12-5-2-3-6-13-11(17)15-7-4-9(10(15)8-16)14-21(18,19)20/h9-10,12,14,16H,2-8H2,1H3,(H,13,17)(H,18,19,20)/t9-,10-/m1/s1. The van der Waals surface area contributed by atoms with Crippen molar-refractivity contribution < 1.29 is 28.2 Å². The summed E-state index contributed by atoms with van der Waals surface area (Å²) in [5.74, 6) is 0. The second-order valence-corrected chi connectivity index (χ2v) is 6.19. The van der Waals surface area contributed by atoms with E-state index >= 15 is 0 Å². The van der Waals surface area contributed by atoms with Crippen LogP contribution in [-0.4, -0.2) is 74.4 Å². The minimum atomic E-state index is -4.60. The van der Waals surface area contributed by atoms with Gasteiger partial charge in [-0.3, -0.25) is 0 Å². The highest BCUT2D eigenvalue weighted by atomic mass is 32.2. The minimum Gasteiger partial charge on any atom is -0.735 e. The van der Waals surface area contributed by atoms with Gasteiger partial charge in [0.15, 0.2) is 10.3 Å². The number of nitrogens with one attached hydrogen (secondary N) is 2. The molecule has 0 aromatic rings. The maximum absolute atomic E-state index is 12.0. The lowest BCUT2D eigenvalue weighted by atomic mass is 10.1. The first-order valence-electron chi connectivity index (χ1n) is 7.05. The van der Waals surface area contributed by atoms with Gasteiger partial charge in [-0.25, -0.2) is 17.9 Å². The first-order valence-corrected chi connectivity index (χ1v) is 8.46. The maximum Gasteiger partial charge on any atom is 0.317 e. The highest BCUT2D eigenvalue weighted by Crippen LogP contribution is 2.18. The second-order valence-electron chi connectivity index (χ2n) is 5.05. The van der Waals surface area contributed by atoms with Gasteiger partial charge in [-0.2, -0.15) is 0 Å². The van der Waals surface area contributed by atoms with Crippen LogP contribution in [0.5, 0.6) is 0 Å². The number of hydrogen-bond acceptors (Lipinski definition) is 5. The summed E-state index contributed by atoms with van der Waals surface area (Å²) in [7, 11) is -2.62. The molecule has 0 bridgehead atoms. The fourth-order valence-electron chi connectivity index (χ4n) is 2.42. The van der Waals surface area contributed by atoms with E-state index in [-0.39, 0.29) is 6.03 Å². The Bertz CT molecular complexity index is 430. The van der Waals surface area contributed by atoms with Crippen molar-refractivity contribution in [3.63, 3.8) is 0 Å². The summed E-state index contributed by atoms with van der Waals surface area (Å²) < 4.78 is 34.1. The number of nitrogens with two attached hydrogens (primary N) is 1. The summed E-state index contributed by atoms with van der Waals surface area (Å²) >= 11 is 0. The van der Waals surface area contributed by atoms with E-state index in [1.54, 1.807) is 0 Å². The highest BCUT2D eigenvalue weighted by molar-refractivity contribution is 7.83. The zero-order chi connectivity index (χ0) is 15.9. The molecule has 10 heteroatoms. The van der Waals surface area contributed by atoms with Gasteiger partial charge in [0.1, 0.15) is 0 Å². The fraction of sp³-hybridized carbons (Fsp3) is 0.909. The van der Waals surface area contributed by atoms with Gasteiger partial charge in [-0.15, -0.1) is 0 Å². The predicted octanol–water partition coefficient (Wildman–Crippen LogP) is -2.85. The monoisotopic (exact) mass is 324 g/mol. The number of aliphatic hydroxyl groups is 1. The summed E-state index contributed by atoms with van der Waals surface area (Å²) in [6, 6.07) is -1.79. The molecule has 5 N–H and O–H groups in total. The highest BCUT2D eigenvalue weighted by Gasteiger charge is 2.37. The Labute approximate surface area is 125 Å². The van der Waals surface area contributed by atoms with E-state index in [1.807, 2.05) is 11.8 Å². The molecule has 0 aliphatic carbocycles. The number of urea groups is 1. The quantitative estimate of drug-likeness (QED) is 0.281. The molecule has 0 radical (unpaired) electrons. The molecule has 0 unspecified atom stereocenters. The van der Waals surface area contributed by atoms with Crippen molar-refractivity contribution in [3.8, 4) is 0 Å². The van der Waals surface area contributed by atoms with E-state index in [0.29, 0.717) is 19.5 Å². The van der Waals surface area contributed by atoms with Crippen LogP contribution in [0.4, 0.5) is 4.79 Å². The number of carbonyl (C=O) groups is 1. The molecule has 1 saturated heterocycles. The molecule has 2 atom stereocenters. The Balaban J connectivity index is 2.45. The Morgan fingerprint density at radius 3 is 2.76 bits per heavy atom. The number of quaternary nitrogens is 1. The number of unbranched alkanes of at least 4 members (excludes halogenated alkanes) is 1. The average Bonchev–Trinajstić information content (AvgIpc) is 2.78. The molecule has 9 nitrogen and oxygen atoms in total. The van der Waals surface area contributed by atoms with E-state index in [1.165, 1.54) is 4.90 Å². The molecular weight excluding hydrogens is 300 g/mol. The van der Waals surface area contributed by atoms with E-state index < -0.39 is 29.0 Å². The number of hydrogen-bond donors (Lipinski definition) is 4. The van der Waals surface area contributed by atoms with Crippen molar-refractivity contribution in [3.05, 3.63) is 0 Å². The van der Waals surface area contributed by atoms with Gasteiger partial charge < -0.3 is 25.2 Å². The largest absolute Gasteiger partial charge is 0.735 e. The van der Waals surface area contributed by atoms with Crippen LogP contribution < -0.4 is 15.4 Å². The first-order chi connectivity index (χ1) is 9.89. The molecule has 2 amide bonds. The van der Waals surface area contributed by atoms with Crippen molar-refractivity contribution in [1.29, 1.82) is 0 Å². The van der Waals surface area contributed by atoms with Crippen LogP contribution in [0.1, 0.15) is 19.3 Å². The molecule has 0 aromatic carbocycles. The number of rotatable bonds is 8. The number of aliphatic hydroxyl groups excluding tert-OH is 1. The summed E-state index contributed by atoms with van der Waals surface area (Å²) in [6.45, 7) is 1.42. The molecule has 1 heterocycles. The van der Waals surface area contributed by atoms with Crippen molar-refractivity contribution in [2.45, 2.75) is 31.3 Å². The van der Waals surface area contributed by atoms with Gasteiger partial charge >= 0.3 is 6.03 Å². The van der Waals surface area contributed by atoms with E-state index in [2.05, 4.69) is 10.6 Å². The zero-order valence-corrected chi connectivity index (χ0v) is 12.9. The van der Waals surface area contributed by atoms with Gasteiger partial charge in [0.05, 0.1) is 26.2 Å². The lowest BCUT2D eigenvalue weighted by molar-refractivity contribution is -0.627. The third-order valence-electron chi connectivity index (χ3n) is 3.49. The van der Waals surface area contributed by atoms with Gasteiger partial charge in [0.25, 0.3) is 0 Å².